The van der Waals surface area contributed by atoms with Gasteiger partial charge in [0.1, 0.15) is 11.8 Å². The average molecular weight is 493 g/mol. The molecule has 190 valence electrons. The first-order valence-electron chi connectivity index (χ1n) is 11.8. The van der Waals surface area contributed by atoms with Gasteiger partial charge in [0, 0.05) is 17.5 Å². The summed E-state index contributed by atoms with van der Waals surface area (Å²) in [7, 11) is 2.16. The lowest BCUT2D eigenvalue weighted by Gasteiger charge is -2.35. The van der Waals surface area contributed by atoms with Gasteiger partial charge in [0.15, 0.2) is 0 Å². The van der Waals surface area contributed by atoms with Crippen molar-refractivity contribution in [3.05, 3.63) is 42.0 Å². The molecule has 0 spiro atoms. The summed E-state index contributed by atoms with van der Waals surface area (Å²) in [6, 6.07) is 6.76. The number of carbonyl (C=O) groups excluding carboxylic acids is 2. The van der Waals surface area contributed by atoms with Crippen LogP contribution in [0.2, 0.25) is 0 Å². The summed E-state index contributed by atoms with van der Waals surface area (Å²) in [5, 5.41) is 11.7. The molecule has 1 amide bonds. The van der Waals surface area contributed by atoms with E-state index in [9.17, 15) is 19.5 Å². The van der Waals surface area contributed by atoms with Crippen LogP contribution in [-0.4, -0.2) is 54.0 Å². The van der Waals surface area contributed by atoms with E-state index in [0.29, 0.717) is 5.75 Å². The van der Waals surface area contributed by atoms with Gasteiger partial charge in [0.05, 0.1) is 6.42 Å². The number of aliphatic carboxylic acids is 1. The fourth-order valence-corrected chi connectivity index (χ4v) is 4.44. The molecule has 2 N–H and O–H groups in total. The third-order valence-electron chi connectivity index (χ3n) is 6.54. The average Bonchev–Trinajstić information content (AvgIpc) is 2.97. The molecule has 7 nitrogen and oxygen atoms in total. The quantitative estimate of drug-likeness (QED) is 0.291. The second-order valence-electron chi connectivity index (χ2n) is 9.47. The number of benzene rings is 1. The number of ether oxygens (including phenoxy) is 1. The van der Waals surface area contributed by atoms with Crippen LogP contribution in [0.1, 0.15) is 64.9 Å². The molecule has 1 aliphatic rings. The fraction of sp³-hybridized carbons (Fsp3) is 0.577. The van der Waals surface area contributed by atoms with E-state index in [4.69, 9.17) is 4.74 Å². The Morgan fingerprint density at radius 1 is 1.24 bits per heavy atom. The summed E-state index contributed by atoms with van der Waals surface area (Å²) in [5.74, 6) is -1.89. The monoisotopic (exact) mass is 492 g/mol. The van der Waals surface area contributed by atoms with Gasteiger partial charge in [-0.05, 0) is 62.9 Å². The minimum absolute atomic E-state index is 0. The van der Waals surface area contributed by atoms with Crippen LogP contribution >= 0.6 is 13.5 Å². The Labute approximate surface area is 210 Å². The van der Waals surface area contributed by atoms with Gasteiger partial charge in [-0.2, -0.15) is 13.5 Å². The second-order valence-corrected chi connectivity index (χ2v) is 9.47. The summed E-state index contributed by atoms with van der Waals surface area (Å²) in [4.78, 5) is 38.3. The molecule has 2 atom stereocenters. The topological polar surface area (TPSA) is 95.9 Å². The fourth-order valence-electron chi connectivity index (χ4n) is 4.44. The molecule has 0 aliphatic carbocycles. The molecule has 0 bridgehead atoms. The van der Waals surface area contributed by atoms with Crippen molar-refractivity contribution in [2.75, 3.05) is 20.1 Å². The Bertz CT molecular complexity index is 873. The molecule has 1 aromatic carbocycles. The van der Waals surface area contributed by atoms with Gasteiger partial charge < -0.3 is 20.1 Å². The molecule has 1 aromatic rings. The number of hydrogen-bond donors (Lipinski definition) is 2. The highest BCUT2D eigenvalue weighted by Crippen LogP contribution is 2.37. The number of rotatable bonds is 10. The number of carboxylic acids is 1. The van der Waals surface area contributed by atoms with Crippen molar-refractivity contribution in [2.45, 2.75) is 70.8 Å². The van der Waals surface area contributed by atoms with E-state index in [1.807, 2.05) is 12.1 Å². The molecule has 34 heavy (non-hydrogen) atoms. The molecular formula is C26H40N2O5S. The molecule has 1 saturated heterocycles. The summed E-state index contributed by atoms with van der Waals surface area (Å²) in [5.41, 5.74) is 1.37. The van der Waals surface area contributed by atoms with Crippen molar-refractivity contribution in [1.29, 1.82) is 0 Å². The predicted molar refractivity (Wildman–Crippen MR) is 139 cm³/mol. The number of carbonyl (C=O) groups is 3. The number of likely N-dealkylation sites (N-methyl/N-ethyl adjacent to an activating group) is 1. The molecule has 1 unspecified atom stereocenters. The Kier molecular flexibility index (Phi) is 11.8. The summed E-state index contributed by atoms with van der Waals surface area (Å²) in [6.45, 7) is 11.4. The minimum Gasteiger partial charge on any atom is -0.480 e. The highest BCUT2D eigenvalue weighted by Gasteiger charge is 2.33. The maximum atomic E-state index is 12.4. The lowest BCUT2D eigenvalue weighted by Crippen LogP contribution is -2.44. The van der Waals surface area contributed by atoms with Crippen molar-refractivity contribution in [3.63, 3.8) is 0 Å². The SMILES string of the molecule is C=C(CCC(=O)Oc1cccc(C2(CC)CCCCN(C)C2)c1)C(=O)N[C@H](C(=O)O)C(C)C.S. The van der Waals surface area contributed by atoms with Crippen molar-refractivity contribution in [1.82, 2.24) is 10.2 Å². The Morgan fingerprint density at radius 2 is 1.94 bits per heavy atom. The van der Waals surface area contributed by atoms with Gasteiger partial charge >= 0.3 is 11.9 Å². The molecule has 0 saturated carbocycles. The third kappa shape index (κ3) is 8.17. The first-order chi connectivity index (χ1) is 15.6. The van der Waals surface area contributed by atoms with Crippen molar-refractivity contribution in [2.24, 2.45) is 5.92 Å². The zero-order chi connectivity index (χ0) is 24.6. The number of carboxylic acid groups (broad SMARTS) is 1. The van der Waals surface area contributed by atoms with Crippen LogP contribution in [0, 0.1) is 5.92 Å². The van der Waals surface area contributed by atoms with E-state index in [2.05, 4.69) is 36.8 Å². The van der Waals surface area contributed by atoms with Crippen LogP contribution in [0.4, 0.5) is 0 Å². The standard InChI is InChI=1S/C26H38N2O5.H2S/c1-6-26(14-7-8-15-28(5)17-26)20-10-9-11-21(16-20)33-22(29)13-12-19(4)24(30)27-23(18(2)3)25(31)32;/h9-11,16,18,23H,4,6-8,12-15,17H2,1-3,5H3,(H,27,30)(H,31,32);1H2/t23-,26?;/m0./s1. The number of likely N-dealkylation sites (tertiary alicyclic amines) is 1. The highest BCUT2D eigenvalue weighted by atomic mass is 32.1. The zero-order valence-corrected chi connectivity index (χ0v) is 21.9. The molecule has 0 aromatic heterocycles. The highest BCUT2D eigenvalue weighted by molar-refractivity contribution is 7.59. The van der Waals surface area contributed by atoms with E-state index in [1.54, 1.807) is 19.9 Å². The Morgan fingerprint density at radius 3 is 2.56 bits per heavy atom. The van der Waals surface area contributed by atoms with Crippen molar-refractivity contribution < 1.29 is 24.2 Å². The van der Waals surface area contributed by atoms with Gasteiger partial charge in [-0.25, -0.2) is 4.79 Å². The lowest BCUT2D eigenvalue weighted by molar-refractivity contribution is -0.142. The maximum Gasteiger partial charge on any atom is 0.326 e. The van der Waals surface area contributed by atoms with Gasteiger partial charge in [-0.1, -0.05) is 45.9 Å². The number of amides is 1. The van der Waals surface area contributed by atoms with Crippen LogP contribution in [0.5, 0.6) is 5.75 Å². The van der Waals surface area contributed by atoms with E-state index >= 15 is 0 Å². The van der Waals surface area contributed by atoms with E-state index in [1.165, 1.54) is 18.4 Å². The van der Waals surface area contributed by atoms with Crippen LogP contribution in [-0.2, 0) is 19.8 Å². The first-order valence-corrected chi connectivity index (χ1v) is 11.8. The molecular weight excluding hydrogens is 452 g/mol. The number of nitrogens with one attached hydrogen (secondary N) is 1. The maximum absolute atomic E-state index is 12.4. The van der Waals surface area contributed by atoms with E-state index in [-0.39, 0.29) is 43.2 Å². The lowest BCUT2D eigenvalue weighted by atomic mass is 9.74. The largest absolute Gasteiger partial charge is 0.480 e. The molecule has 2 rings (SSSR count). The molecule has 1 aliphatic heterocycles. The van der Waals surface area contributed by atoms with Gasteiger partial charge in [0.2, 0.25) is 5.91 Å². The molecule has 0 radical (unpaired) electrons. The van der Waals surface area contributed by atoms with Gasteiger partial charge in [0.25, 0.3) is 0 Å². The molecule has 8 heteroatoms. The van der Waals surface area contributed by atoms with E-state index in [0.717, 1.165) is 25.9 Å². The normalized spacial score (nSPS) is 19.4. The van der Waals surface area contributed by atoms with E-state index < -0.39 is 23.9 Å². The van der Waals surface area contributed by atoms with Crippen molar-refractivity contribution in [3.8, 4) is 5.75 Å². The number of esters is 1. The summed E-state index contributed by atoms with van der Waals surface area (Å²) < 4.78 is 5.56. The van der Waals surface area contributed by atoms with Crippen LogP contribution in [0.3, 0.4) is 0 Å². The zero-order valence-electron chi connectivity index (χ0n) is 20.9. The Balaban J connectivity index is 0.00000578. The summed E-state index contributed by atoms with van der Waals surface area (Å²) >= 11 is 0. The van der Waals surface area contributed by atoms with Crippen molar-refractivity contribution >= 4 is 31.3 Å². The summed E-state index contributed by atoms with van der Waals surface area (Å²) in [6.07, 6.45) is 4.56. The molecule has 1 fully saturated rings. The van der Waals surface area contributed by atoms with Gasteiger partial charge in [-0.3, -0.25) is 9.59 Å². The number of hydrogen-bond acceptors (Lipinski definition) is 5. The predicted octanol–water partition coefficient (Wildman–Crippen LogP) is 4.03. The number of nitrogens with zero attached hydrogens (tertiary/aromatic N) is 1. The van der Waals surface area contributed by atoms with Crippen LogP contribution in [0.25, 0.3) is 0 Å². The minimum atomic E-state index is -1.10. The van der Waals surface area contributed by atoms with Gasteiger partial charge in [-0.15, -0.1) is 0 Å². The molecule has 1 heterocycles. The first kappa shape index (κ1) is 29.7. The smallest absolute Gasteiger partial charge is 0.326 e. The van der Waals surface area contributed by atoms with Crippen LogP contribution < -0.4 is 10.1 Å². The third-order valence-corrected chi connectivity index (χ3v) is 6.54. The second kappa shape index (κ2) is 13.5. The Hall–Kier alpha value is -2.32. The van der Waals surface area contributed by atoms with Crippen LogP contribution in [0.15, 0.2) is 36.4 Å².